The molecule has 1 saturated carbocycles. The Hall–Kier alpha value is -1.26. The predicted octanol–water partition coefficient (Wildman–Crippen LogP) is -0.301. The Morgan fingerprint density at radius 1 is 1.15 bits per heavy atom. The molecule has 0 aromatic heterocycles. The monoisotopic (exact) mass is 467 g/mol. The zero-order valence-corrected chi connectivity index (χ0v) is 20.6. The fourth-order valence-electron chi connectivity index (χ4n) is 6.88. The smallest absolute Gasteiger partial charge is 0.316 e. The van der Waals surface area contributed by atoms with E-state index in [9.17, 15) is 9.59 Å². The van der Waals surface area contributed by atoms with Crippen LogP contribution in [0.4, 0.5) is 0 Å². The zero-order chi connectivity index (χ0) is 23.7. The number of amides is 1. The van der Waals surface area contributed by atoms with Crippen molar-refractivity contribution < 1.29 is 28.7 Å². The molecule has 0 aromatic rings. The van der Waals surface area contributed by atoms with Gasteiger partial charge in [0.2, 0.25) is 5.91 Å². The van der Waals surface area contributed by atoms with Gasteiger partial charge >= 0.3 is 5.97 Å². The fourth-order valence-corrected chi connectivity index (χ4v) is 6.88. The summed E-state index contributed by atoms with van der Waals surface area (Å²) in [4.78, 5) is 29.3. The molecule has 0 spiro atoms. The first-order valence-electron chi connectivity index (χ1n) is 12.7. The van der Waals surface area contributed by atoms with Crippen LogP contribution >= 0.6 is 0 Å². The Bertz CT molecular complexity index is 708. The van der Waals surface area contributed by atoms with Crippen LogP contribution in [0.5, 0.6) is 0 Å². The van der Waals surface area contributed by atoms with Gasteiger partial charge in [0.05, 0.1) is 32.0 Å². The minimum atomic E-state index is -0.466. The largest absolute Gasteiger partial charge is 0.469 e. The van der Waals surface area contributed by atoms with Crippen LogP contribution in [0.2, 0.25) is 0 Å². The number of rotatable bonds is 6. The Morgan fingerprint density at radius 3 is 2.61 bits per heavy atom. The molecule has 33 heavy (non-hydrogen) atoms. The Kier molecular flexibility index (Phi) is 7.95. The molecule has 10 atom stereocenters. The highest BCUT2D eigenvalue weighted by molar-refractivity contribution is 5.82. The third-order valence-electron chi connectivity index (χ3n) is 8.85. The molecule has 9 nitrogen and oxygen atoms in total. The number of quaternary nitrogens is 1. The standard InChI is InChI=1S/C24H42N4O5/c1-14-6-5-10-28-21(14)26-22-17(23(28)29)13-16(24(30)33-4)20(25)27(22)11-9-15-7-8-18(31-2)19(12-15)32-3/h14-22,26H,5-13,25H2,1-4H3/p+1. The summed E-state index contributed by atoms with van der Waals surface area (Å²) in [6.45, 7) is 3.82. The van der Waals surface area contributed by atoms with Gasteiger partial charge in [-0.1, -0.05) is 6.92 Å². The van der Waals surface area contributed by atoms with Crippen molar-refractivity contribution in [3.63, 3.8) is 0 Å². The molecule has 9 heteroatoms. The number of fused-ring (bicyclic) bond motifs is 2. The third kappa shape index (κ3) is 4.80. The molecular weight excluding hydrogens is 424 g/mol. The average Bonchev–Trinajstić information content (AvgIpc) is 2.83. The molecule has 3 aliphatic heterocycles. The van der Waals surface area contributed by atoms with Gasteiger partial charge in [0.25, 0.3) is 0 Å². The SMILES string of the molecule is COC(=O)C1CC2C(=O)N3CCCC(C)C3NC2[NH+](CCC2CCC(OC)C(OC)C2)C1N. The van der Waals surface area contributed by atoms with Gasteiger partial charge in [-0.05, 0) is 56.8 Å². The van der Waals surface area contributed by atoms with Crippen LogP contribution in [0.3, 0.4) is 0 Å². The minimum Gasteiger partial charge on any atom is -0.469 e. The highest BCUT2D eigenvalue weighted by atomic mass is 16.5. The molecule has 1 aliphatic carbocycles. The maximum absolute atomic E-state index is 13.6. The van der Waals surface area contributed by atoms with E-state index in [1.807, 2.05) is 4.90 Å². The molecule has 4 N–H and O–H groups in total. The second kappa shape index (κ2) is 10.6. The Balaban J connectivity index is 1.51. The Morgan fingerprint density at radius 2 is 1.91 bits per heavy atom. The molecular formula is C24H43N4O5+. The summed E-state index contributed by atoms with van der Waals surface area (Å²) in [5.41, 5.74) is 6.72. The van der Waals surface area contributed by atoms with E-state index in [-0.39, 0.29) is 42.3 Å². The number of piperidine rings is 2. The number of likely N-dealkylation sites (tertiary alicyclic amines) is 1. The summed E-state index contributed by atoms with van der Waals surface area (Å²) >= 11 is 0. The number of hydrogen-bond acceptors (Lipinski definition) is 7. The number of methoxy groups -OCH3 is 3. The van der Waals surface area contributed by atoms with E-state index in [0.29, 0.717) is 18.3 Å². The van der Waals surface area contributed by atoms with Crippen LogP contribution in [-0.2, 0) is 23.8 Å². The average molecular weight is 468 g/mol. The molecule has 188 valence electrons. The molecule has 4 aliphatic rings. The van der Waals surface area contributed by atoms with Gasteiger partial charge in [-0.3, -0.25) is 15.3 Å². The molecule has 4 fully saturated rings. The quantitative estimate of drug-likeness (QED) is 0.461. The molecule has 10 unspecified atom stereocenters. The first-order chi connectivity index (χ1) is 15.9. The predicted molar refractivity (Wildman–Crippen MR) is 122 cm³/mol. The van der Waals surface area contributed by atoms with Gasteiger partial charge < -0.3 is 24.0 Å². The van der Waals surface area contributed by atoms with Gasteiger partial charge in [-0.15, -0.1) is 0 Å². The first kappa shape index (κ1) is 24.9. The van der Waals surface area contributed by atoms with Crippen LogP contribution in [0.15, 0.2) is 0 Å². The topological polar surface area (TPSA) is 108 Å². The van der Waals surface area contributed by atoms with Crippen molar-refractivity contribution in [2.24, 2.45) is 29.4 Å². The van der Waals surface area contributed by atoms with Crippen LogP contribution in [0.1, 0.15) is 51.9 Å². The summed E-state index contributed by atoms with van der Waals surface area (Å²) in [5, 5.41) is 3.81. The number of nitrogens with two attached hydrogens (primary N) is 1. The Labute approximate surface area is 197 Å². The number of esters is 1. The van der Waals surface area contributed by atoms with Crippen molar-refractivity contribution in [1.29, 1.82) is 0 Å². The number of carbonyl (C=O) groups is 2. The molecule has 0 radical (unpaired) electrons. The molecule has 0 aromatic carbocycles. The van der Waals surface area contributed by atoms with E-state index < -0.39 is 12.1 Å². The van der Waals surface area contributed by atoms with Crippen molar-refractivity contribution in [3.05, 3.63) is 0 Å². The fraction of sp³-hybridized carbons (Fsp3) is 0.917. The van der Waals surface area contributed by atoms with E-state index in [1.54, 1.807) is 14.2 Å². The van der Waals surface area contributed by atoms with Crippen LogP contribution in [0, 0.1) is 23.7 Å². The lowest BCUT2D eigenvalue weighted by molar-refractivity contribution is -0.965. The number of nitrogens with one attached hydrogen (secondary N) is 2. The lowest BCUT2D eigenvalue weighted by Crippen LogP contribution is -3.26. The summed E-state index contributed by atoms with van der Waals surface area (Å²) in [6, 6.07) is 0. The van der Waals surface area contributed by atoms with Crippen LogP contribution in [-0.4, -0.2) is 81.9 Å². The van der Waals surface area contributed by atoms with Crippen molar-refractivity contribution >= 4 is 11.9 Å². The lowest BCUT2D eigenvalue weighted by Gasteiger charge is -2.54. The number of hydrogen-bond donors (Lipinski definition) is 3. The van der Waals surface area contributed by atoms with Gasteiger partial charge in [0.15, 0.2) is 12.3 Å². The zero-order valence-electron chi connectivity index (χ0n) is 20.6. The molecule has 3 saturated heterocycles. The van der Waals surface area contributed by atoms with Crippen molar-refractivity contribution in [1.82, 2.24) is 10.2 Å². The van der Waals surface area contributed by atoms with Crippen LogP contribution in [0.25, 0.3) is 0 Å². The number of carbonyl (C=O) groups excluding carboxylic acids is 2. The van der Waals surface area contributed by atoms with Gasteiger partial charge in [0.1, 0.15) is 11.8 Å². The van der Waals surface area contributed by atoms with E-state index in [4.69, 9.17) is 19.9 Å². The maximum atomic E-state index is 13.6. The number of nitrogens with zero attached hydrogens (tertiary/aromatic N) is 1. The highest BCUT2D eigenvalue weighted by Crippen LogP contribution is 2.33. The second-order valence-corrected chi connectivity index (χ2v) is 10.6. The van der Waals surface area contributed by atoms with Gasteiger partial charge in [-0.2, -0.15) is 0 Å². The highest BCUT2D eigenvalue weighted by Gasteiger charge is 2.56. The van der Waals surface area contributed by atoms with E-state index >= 15 is 0 Å². The first-order valence-corrected chi connectivity index (χ1v) is 12.7. The van der Waals surface area contributed by atoms with Gasteiger partial charge in [-0.25, -0.2) is 5.32 Å². The molecule has 4 rings (SSSR count). The minimum absolute atomic E-state index is 0.0550. The van der Waals surface area contributed by atoms with Crippen molar-refractivity contribution in [2.75, 3.05) is 34.4 Å². The van der Waals surface area contributed by atoms with E-state index in [0.717, 1.165) is 56.5 Å². The second-order valence-electron chi connectivity index (χ2n) is 10.6. The lowest BCUT2D eigenvalue weighted by atomic mass is 9.79. The van der Waals surface area contributed by atoms with Crippen molar-refractivity contribution in [2.45, 2.75) is 82.6 Å². The summed E-state index contributed by atoms with van der Waals surface area (Å²) in [6.07, 6.45) is 6.49. The third-order valence-corrected chi connectivity index (χ3v) is 8.85. The number of ether oxygens (including phenoxy) is 3. The summed E-state index contributed by atoms with van der Waals surface area (Å²) < 4.78 is 16.4. The molecule has 0 bridgehead atoms. The van der Waals surface area contributed by atoms with Crippen LogP contribution < -0.4 is 16.0 Å². The van der Waals surface area contributed by atoms with E-state index in [1.165, 1.54) is 7.11 Å². The molecule has 3 heterocycles. The molecule has 1 amide bonds. The maximum Gasteiger partial charge on any atom is 0.316 e. The van der Waals surface area contributed by atoms with Crippen molar-refractivity contribution in [3.8, 4) is 0 Å². The van der Waals surface area contributed by atoms with E-state index in [2.05, 4.69) is 12.2 Å². The van der Waals surface area contributed by atoms with Gasteiger partial charge in [0, 0.05) is 20.8 Å². The summed E-state index contributed by atoms with van der Waals surface area (Å²) in [7, 11) is 4.91. The summed E-state index contributed by atoms with van der Waals surface area (Å²) in [5.74, 6) is 0.0795. The normalized spacial score (nSPS) is 43.5.